The Labute approximate surface area is 202 Å². The van der Waals surface area contributed by atoms with Crippen LogP contribution in [0.15, 0.2) is 0 Å². The molecule has 0 spiro atoms. The first-order valence-electron chi connectivity index (χ1n) is 11.0. The van der Waals surface area contributed by atoms with E-state index >= 15 is 0 Å². The summed E-state index contributed by atoms with van der Waals surface area (Å²) in [4.78, 5) is 10.3. The van der Waals surface area contributed by atoms with Crippen LogP contribution in [0.3, 0.4) is 0 Å². The van der Waals surface area contributed by atoms with Gasteiger partial charge >= 0.3 is 35.5 Å². The average Bonchev–Trinajstić information content (AvgIpc) is 2.64. The zero-order valence-corrected chi connectivity index (χ0v) is 19.3. The molecular weight excluding hydrogens is 403 g/mol. The van der Waals surface area contributed by atoms with Crippen molar-refractivity contribution in [2.75, 3.05) is 12.4 Å². The minimum atomic E-state index is -3.66. The summed E-state index contributed by atoms with van der Waals surface area (Å²) in [6, 6.07) is 0. The second kappa shape index (κ2) is 30.5. The summed E-state index contributed by atoms with van der Waals surface area (Å²) in [7, 11) is -3.66. The Hall–Kier alpha value is 0.340. The van der Waals surface area contributed by atoms with E-state index < -0.39 is 16.1 Å². The molecule has 0 aromatic carbocycles. The van der Waals surface area contributed by atoms with Gasteiger partial charge in [-0.05, 0) is 19.8 Å². The standard InChI is InChI=1S/C14H28O2.C5H11O.C2H6O3S.Na.H/c1-2-3-4-5-6-7-8-9-10-11-12-13-14(15)16;1-2-3-4-5-6;1-2-6(3,4)5;;/h2-13H2,1H3,(H,15,16);2-5H2,1H3;2H2,1H3,(H,3,4,5);;. The van der Waals surface area contributed by atoms with Crippen molar-refractivity contribution in [1.29, 1.82) is 0 Å². The van der Waals surface area contributed by atoms with Gasteiger partial charge in [0.25, 0.3) is 10.1 Å². The van der Waals surface area contributed by atoms with E-state index in [4.69, 9.17) is 9.66 Å². The van der Waals surface area contributed by atoms with Crippen LogP contribution in [0.2, 0.25) is 0 Å². The second-order valence-corrected chi connectivity index (χ2v) is 8.70. The number of rotatable bonds is 16. The van der Waals surface area contributed by atoms with Crippen LogP contribution in [0.1, 0.15) is 117 Å². The maximum absolute atomic E-state index is 10.3. The van der Waals surface area contributed by atoms with Gasteiger partial charge in [-0.3, -0.25) is 9.35 Å². The fourth-order valence-electron chi connectivity index (χ4n) is 2.29. The molecule has 0 aliphatic heterocycles. The Morgan fingerprint density at radius 3 is 1.24 bits per heavy atom. The molecular formula is C21H46NaO6S. The van der Waals surface area contributed by atoms with Crippen LogP contribution < -0.4 is 0 Å². The van der Waals surface area contributed by atoms with Crippen molar-refractivity contribution < 1.29 is 28.0 Å². The molecule has 0 aliphatic carbocycles. The van der Waals surface area contributed by atoms with Crippen LogP contribution in [0.5, 0.6) is 0 Å². The van der Waals surface area contributed by atoms with Gasteiger partial charge in [-0.2, -0.15) is 8.42 Å². The van der Waals surface area contributed by atoms with Gasteiger partial charge in [-0.1, -0.05) is 90.9 Å². The normalized spacial score (nSPS) is 10.1. The van der Waals surface area contributed by atoms with Gasteiger partial charge in [-0.15, -0.1) is 0 Å². The Morgan fingerprint density at radius 2 is 1.00 bits per heavy atom. The molecule has 0 amide bonds. The molecule has 0 fully saturated rings. The number of carboxylic acids is 1. The quantitative estimate of drug-likeness (QED) is 0.180. The Morgan fingerprint density at radius 1 is 0.690 bits per heavy atom. The van der Waals surface area contributed by atoms with Gasteiger partial charge < -0.3 is 5.11 Å². The van der Waals surface area contributed by atoms with Crippen LogP contribution in [0, 0.1) is 0 Å². The summed E-state index contributed by atoms with van der Waals surface area (Å²) in [5.74, 6) is -0.858. The third-order valence-electron chi connectivity index (χ3n) is 4.11. The van der Waals surface area contributed by atoms with Gasteiger partial charge in [0.2, 0.25) is 0 Å². The van der Waals surface area contributed by atoms with Crippen molar-refractivity contribution in [1.82, 2.24) is 0 Å². The number of hydrogen-bond donors (Lipinski definition) is 2. The summed E-state index contributed by atoms with van der Waals surface area (Å²) in [6.07, 6.45) is 17.5. The SMILES string of the molecule is CCCCCCCCCCCCCC(=O)O.CCCCC[O].CCS(=O)(=O)O.[NaH]. The third kappa shape index (κ3) is 52.6. The molecule has 0 aromatic heterocycles. The number of unbranched alkanes of at least 4 members (excludes halogenated alkanes) is 12. The molecule has 29 heavy (non-hydrogen) atoms. The average molecular weight is 450 g/mol. The number of carboxylic acid groups (broad SMARTS) is 1. The summed E-state index contributed by atoms with van der Waals surface area (Å²) < 4.78 is 26.9. The molecule has 0 atom stereocenters. The Kier molecular flexibility index (Phi) is 38.6. The van der Waals surface area contributed by atoms with E-state index in [0.29, 0.717) is 6.42 Å². The zero-order chi connectivity index (χ0) is 22.1. The first-order chi connectivity index (χ1) is 13.2. The molecule has 0 heterocycles. The van der Waals surface area contributed by atoms with Crippen molar-refractivity contribution >= 4 is 45.6 Å². The van der Waals surface area contributed by atoms with Crippen molar-refractivity contribution in [2.45, 2.75) is 117 Å². The van der Waals surface area contributed by atoms with E-state index in [2.05, 4.69) is 13.8 Å². The molecule has 1 radical (unpaired) electrons. The first kappa shape index (κ1) is 36.7. The fraction of sp³-hybridized carbons (Fsp3) is 0.952. The van der Waals surface area contributed by atoms with E-state index in [0.717, 1.165) is 32.1 Å². The van der Waals surface area contributed by atoms with Gasteiger partial charge in [0.15, 0.2) is 0 Å². The second-order valence-electron chi connectivity index (χ2n) is 6.96. The topological polar surface area (TPSA) is 112 Å². The van der Waals surface area contributed by atoms with E-state index in [1.54, 1.807) is 0 Å². The molecule has 0 aromatic rings. The maximum atomic E-state index is 10.3. The van der Waals surface area contributed by atoms with Crippen LogP contribution in [-0.4, -0.2) is 66.0 Å². The van der Waals surface area contributed by atoms with Crippen LogP contribution in [0.4, 0.5) is 0 Å². The molecule has 0 aliphatic rings. The zero-order valence-electron chi connectivity index (χ0n) is 18.5. The van der Waals surface area contributed by atoms with Gasteiger partial charge in [0, 0.05) is 6.42 Å². The van der Waals surface area contributed by atoms with Gasteiger partial charge in [0.05, 0.1) is 12.4 Å². The molecule has 0 bridgehead atoms. The molecule has 0 unspecified atom stereocenters. The predicted molar refractivity (Wildman–Crippen MR) is 123 cm³/mol. The number of aliphatic carboxylic acids is 1. The Bertz CT molecular complexity index is 398. The predicted octanol–water partition coefficient (Wildman–Crippen LogP) is 5.62. The van der Waals surface area contributed by atoms with Crippen molar-refractivity contribution in [2.24, 2.45) is 0 Å². The van der Waals surface area contributed by atoms with Gasteiger partial charge in [0.1, 0.15) is 0 Å². The molecule has 173 valence electrons. The van der Waals surface area contributed by atoms with Crippen LogP contribution in [-0.2, 0) is 20.0 Å². The fourth-order valence-corrected chi connectivity index (χ4v) is 2.29. The van der Waals surface area contributed by atoms with E-state index in [9.17, 15) is 18.3 Å². The molecule has 0 rings (SSSR count). The number of carbonyl (C=O) groups is 1. The van der Waals surface area contributed by atoms with E-state index in [1.165, 1.54) is 64.7 Å². The Balaban J connectivity index is -0.000000199. The molecule has 2 N–H and O–H groups in total. The minimum absolute atomic E-state index is 0. The molecule has 0 saturated carbocycles. The summed E-state index contributed by atoms with van der Waals surface area (Å²) in [5, 5.41) is 18.1. The molecule has 6 nitrogen and oxygen atoms in total. The molecule has 8 heteroatoms. The van der Waals surface area contributed by atoms with Gasteiger partial charge in [-0.25, -0.2) is 5.11 Å². The monoisotopic (exact) mass is 449 g/mol. The summed E-state index contributed by atoms with van der Waals surface area (Å²) >= 11 is 0. The molecule has 0 saturated heterocycles. The van der Waals surface area contributed by atoms with E-state index in [1.807, 2.05) is 0 Å². The van der Waals surface area contributed by atoms with E-state index in [-0.39, 0.29) is 41.9 Å². The van der Waals surface area contributed by atoms with Crippen molar-refractivity contribution in [3.05, 3.63) is 0 Å². The summed E-state index contributed by atoms with van der Waals surface area (Å²) in [6.45, 7) is 5.82. The summed E-state index contributed by atoms with van der Waals surface area (Å²) in [5.41, 5.74) is 0. The number of hydrogen-bond acceptors (Lipinski definition) is 3. The van der Waals surface area contributed by atoms with Crippen molar-refractivity contribution in [3.8, 4) is 0 Å². The van der Waals surface area contributed by atoms with Crippen LogP contribution in [0.25, 0.3) is 0 Å². The van der Waals surface area contributed by atoms with Crippen LogP contribution >= 0.6 is 0 Å². The van der Waals surface area contributed by atoms with Crippen molar-refractivity contribution in [3.63, 3.8) is 0 Å². The first-order valence-corrected chi connectivity index (χ1v) is 12.6. The third-order valence-corrected chi connectivity index (χ3v) is 4.84.